The number of para-hydroxylation sites is 1. The first-order chi connectivity index (χ1) is 6.36. The lowest BCUT2D eigenvalue weighted by atomic mass is 10.1. The Hall–Kier alpha value is -1.83. The third-order valence-electron chi connectivity index (χ3n) is 2.38. The molecule has 0 saturated heterocycles. The summed E-state index contributed by atoms with van der Waals surface area (Å²) in [4.78, 5) is 14.6. The van der Waals surface area contributed by atoms with Crippen LogP contribution in [-0.4, -0.2) is 10.8 Å². The fraction of sp³-hybridized carbons (Fsp3) is 0. The summed E-state index contributed by atoms with van der Waals surface area (Å²) in [6.07, 6.45) is 3.44. The summed E-state index contributed by atoms with van der Waals surface area (Å²) in [5.41, 5.74) is 2.78. The third kappa shape index (κ3) is 0.746. The molecule has 0 radical (unpaired) electrons. The Morgan fingerprint density at radius 3 is 2.85 bits per heavy atom. The molecule has 1 aliphatic carbocycles. The molecule has 62 valence electrons. The summed E-state index contributed by atoms with van der Waals surface area (Å²) in [5.74, 6) is 0.104. The number of hydrogen-bond donors (Lipinski definition) is 1. The molecule has 3 rings (SSSR count). The molecule has 0 spiro atoms. The number of carbonyl (C=O) groups is 1. The van der Waals surface area contributed by atoms with E-state index in [-0.39, 0.29) is 5.78 Å². The van der Waals surface area contributed by atoms with Crippen molar-refractivity contribution in [1.29, 1.82) is 0 Å². The first-order valence-electron chi connectivity index (χ1n) is 4.19. The molecular weight excluding hydrogens is 162 g/mol. The number of hydrogen-bond acceptors (Lipinski definition) is 1. The molecule has 0 amide bonds. The monoisotopic (exact) mass is 169 g/mol. The molecule has 1 aromatic carbocycles. The van der Waals surface area contributed by atoms with Crippen LogP contribution in [0.5, 0.6) is 0 Å². The molecule has 0 saturated carbocycles. The Balaban J connectivity index is 2.51. The highest BCUT2D eigenvalue weighted by atomic mass is 16.1. The second-order valence-electron chi connectivity index (χ2n) is 3.16. The van der Waals surface area contributed by atoms with E-state index in [1.165, 1.54) is 0 Å². The summed E-state index contributed by atoms with van der Waals surface area (Å²) < 4.78 is 0. The van der Waals surface area contributed by atoms with Crippen LogP contribution in [0.3, 0.4) is 0 Å². The van der Waals surface area contributed by atoms with Crippen molar-refractivity contribution in [1.82, 2.24) is 4.98 Å². The van der Waals surface area contributed by atoms with Gasteiger partial charge >= 0.3 is 0 Å². The van der Waals surface area contributed by atoms with Gasteiger partial charge in [-0.1, -0.05) is 18.2 Å². The molecule has 0 fully saturated rings. The van der Waals surface area contributed by atoms with Gasteiger partial charge in [0.1, 0.15) is 0 Å². The topological polar surface area (TPSA) is 32.9 Å². The molecule has 1 aromatic heterocycles. The van der Waals surface area contributed by atoms with Crippen molar-refractivity contribution >= 4 is 22.8 Å². The van der Waals surface area contributed by atoms with Gasteiger partial charge in [-0.15, -0.1) is 0 Å². The van der Waals surface area contributed by atoms with Crippen molar-refractivity contribution in [3.05, 3.63) is 41.6 Å². The number of fused-ring (bicyclic) bond motifs is 3. The number of allylic oxidation sites excluding steroid dienone is 1. The van der Waals surface area contributed by atoms with E-state index >= 15 is 0 Å². The number of aromatic nitrogens is 1. The predicted molar refractivity (Wildman–Crippen MR) is 51.7 cm³/mol. The molecule has 0 bridgehead atoms. The largest absolute Gasteiger partial charge is 0.354 e. The SMILES string of the molecule is O=C1C=Cc2[nH]c3ccccc3c21. The Bertz CT molecular complexity index is 534. The number of aromatic amines is 1. The van der Waals surface area contributed by atoms with Crippen LogP contribution in [0, 0.1) is 0 Å². The van der Waals surface area contributed by atoms with Crippen LogP contribution in [0.2, 0.25) is 0 Å². The maximum atomic E-state index is 11.4. The van der Waals surface area contributed by atoms with Crippen molar-refractivity contribution < 1.29 is 4.79 Å². The van der Waals surface area contributed by atoms with Crippen molar-refractivity contribution in [2.24, 2.45) is 0 Å². The average Bonchev–Trinajstić information content (AvgIpc) is 2.66. The Morgan fingerprint density at radius 2 is 1.92 bits per heavy atom. The molecule has 0 atom stereocenters. The Labute approximate surface area is 74.9 Å². The molecule has 2 aromatic rings. The predicted octanol–water partition coefficient (Wildman–Crippen LogP) is 2.38. The lowest BCUT2D eigenvalue weighted by Crippen LogP contribution is -1.87. The van der Waals surface area contributed by atoms with E-state index in [9.17, 15) is 4.79 Å². The molecule has 1 N–H and O–H groups in total. The number of H-pyrrole nitrogens is 1. The minimum Gasteiger partial charge on any atom is -0.354 e. The number of benzene rings is 1. The van der Waals surface area contributed by atoms with Crippen LogP contribution in [0.4, 0.5) is 0 Å². The lowest BCUT2D eigenvalue weighted by molar-refractivity contribution is 0.105. The van der Waals surface area contributed by atoms with Crippen molar-refractivity contribution in [3.63, 3.8) is 0 Å². The molecular formula is C11H7NO. The first-order valence-corrected chi connectivity index (χ1v) is 4.19. The van der Waals surface area contributed by atoms with Gasteiger partial charge in [-0.3, -0.25) is 4.79 Å². The van der Waals surface area contributed by atoms with E-state index in [4.69, 9.17) is 0 Å². The standard InChI is InChI=1S/C11H7NO/c13-10-6-5-9-11(10)7-3-1-2-4-8(7)12-9/h1-6,12H. The highest BCUT2D eigenvalue weighted by Gasteiger charge is 2.18. The number of rotatable bonds is 0. The zero-order valence-corrected chi connectivity index (χ0v) is 6.87. The quantitative estimate of drug-likeness (QED) is 0.645. The third-order valence-corrected chi connectivity index (χ3v) is 2.38. The van der Waals surface area contributed by atoms with E-state index in [0.29, 0.717) is 0 Å². The molecule has 1 heterocycles. The van der Waals surface area contributed by atoms with E-state index in [2.05, 4.69) is 4.98 Å². The summed E-state index contributed by atoms with van der Waals surface area (Å²) in [5, 5.41) is 1.02. The van der Waals surface area contributed by atoms with E-state index in [0.717, 1.165) is 22.2 Å². The molecule has 1 aliphatic rings. The maximum Gasteiger partial charge on any atom is 0.188 e. The summed E-state index contributed by atoms with van der Waals surface area (Å²) in [6, 6.07) is 7.86. The minimum atomic E-state index is 0.104. The molecule has 2 nitrogen and oxygen atoms in total. The Morgan fingerprint density at radius 1 is 1.08 bits per heavy atom. The molecule has 0 aliphatic heterocycles. The zero-order chi connectivity index (χ0) is 8.84. The number of ketones is 1. The summed E-state index contributed by atoms with van der Waals surface area (Å²) in [7, 11) is 0. The van der Waals surface area contributed by atoms with Gasteiger partial charge in [0.2, 0.25) is 0 Å². The van der Waals surface area contributed by atoms with Crippen LogP contribution in [0.1, 0.15) is 16.1 Å². The van der Waals surface area contributed by atoms with Gasteiger partial charge in [0.25, 0.3) is 0 Å². The van der Waals surface area contributed by atoms with Crippen LogP contribution < -0.4 is 0 Å². The fourth-order valence-corrected chi connectivity index (χ4v) is 1.80. The van der Waals surface area contributed by atoms with Gasteiger partial charge in [-0.05, 0) is 18.2 Å². The van der Waals surface area contributed by atoms with Gasteiger partial charge in [-0.2, -0.15) is 0 Å². The van der Waals surface area contributed by atoms with Gasteiger partial charge in [0.05, 0.1) is 11.3 Å². The maximum absolute atomic E-state index is 11.4. The summed E-state index contributed by atoms with van der Waals surface area (Å²) >= 11 is 0. The van der Waals surface area contributed by atoms with Crippen LogP contribution in [-0.2, 0) is 0 Å². The van der Waals surface area contributed by atoms with Gasteiger partial charge in [0.15, 0.2) is 5.78 Å². The van der Waals surface area contributed by atoms with Crippen molar-refractivity contribution in [3.8, 4) is 0 Å². The van der Waals surface area contributed by atoms with E-state index in [1.807, 2.05) is 30.3 Å². The highest BCUT2D eigenvalue weighted by Crippen LogP contribution is 2.27. The second kappa shape index (κ2) is 2.10. The first kappa shape index (κ1) is 6.66. The normalized spacial score (nSPS) is 14.0. The van der Waals surface area contributed by atoms with Crippen LogP contribution in [0.15, 0.2) is 30.3 Å². The van der Waals surface area contributed by atoms with Crippen molar-refractivity contribution in [2.45, 2.75) is 0 Å². The van der Waals surface area contributed by atoms with Crippen LogP contribution in [0.25, 0.3) is 17.0 Å². The zero-order valence-electron chi connectivity index (χ0n) is 6.87. The van der Waals surface area contributed by atoms with Crippen LogP contribution >= 0.6 is 0 Å². The second-order valence-corrected chi connectivity index (χ2v) is 3.16. The fourth-order valence-electron chi connectivity index (χ4n) is 1.80. The van der Waals surface area contributed by atoms with Gasteiger partial charge < -0.3 is 4.98 Å². The van der Waals surface area contributed by atoms with Gasteiger partial charge in [0, 0.05) is 10.9 Å². The van der Waals surface area contributed by atoms with Crippen molar-refractivity contribution in [2.75, 3.05) is 0 Å². The number of carbonyl (C=O) groups excluding carboxylic acids is 1. The summed E-state index contributed by atoms with van der Waals surface area (Å²) in [6.45, 7) is 0. The molecule has 13 heavy (non-hydrogen) atoms. The Kier molecular flexibility index (Phi) is 1.08. The minimum absolute atomic E-state index is 0.104. The van der Waals surface area contributed by atoms with E-state index < -0.39 is 0 Å². The van der Waals surface area contributed by atoms with E-state index in [1.54, 1.807) is 6.08 Å². The average molecular weight is 169 g/mol. The highest BCUT2D eigenvalue weighted by molar-refractivity contribution is 6.20. The van der Waals surface area contributed by atoms with Gasteiger partial charge in [-0.25, -0.2) is 0 Å². The lowest BCUT2D eigenvalue weighted by Gasteiger charge is -1.89. The smallest absolute Gasteiger partial charge is 0.188 e. The molecule has 2 heteroatoms. The molecule has 0 unspecified atom stereocenters. The number of nitrogens with one attached hydrogen (secondary N) is 1.